The molecule has 76 heavy (non-hydrogen) atoms. The van der Waals surface area contributed by atoms with Crippen LogP contribution in [0.3, 0.4) is 0 Å². The molecule has 12 nitrogen and oxygen atoms in total. The van der Waals surface area contributed by atoms with Crippen LogP contribution in [-0.4, -0.2) is 70.4 Å². The lowest BCUT2D eigenvalue weighted by Crippen LogP contribution is -2.88. The third-order valence-corrected chi connectivity index (χ3v) is 54.0. The fourth-order valence-electron chi connectivity index (χ4n) is 12.1. The average molecular weight is 1210 g/mol. The van der Waals surface area contributed by atoms with Crippen molar-refractivity contribution in [1.29, 1.82) is 0 Å². The number of rotatable bonds is 48. The van der Waals surface area contributed by atoms with Gasteiger partial charge in [-0.05, 0) is 51.4 Å². The van der Waals surface area contributed by atoms with Crippen molar-refractivity contribution in [3.05, 3.63) is 0 Å². The van der Waals surface area contributed by atoms with Gasteiger partial charge in [0.05, 0.1) is 0 Å². The summed E-state index contributed by atoms with van der Waals surface area (Å²) in [5.41, 5.74) is 0. The van der Waals surface area contributed by atoms with Crippen molar-refractivity contribution in [3.63, 3.8) is 0 Å². The van der Waals surface area contributed by atoms with Crippen molar-refractivity contribution in [1.82, 2.24) is 0 Å². The zero-order chi connectivity index (χ0) is 54.4. The first-order chi connectivity index (χ1) is 37.0. The van der Waals surface area contributed by atoms with Gasteiger partial charge in [0.25, 0.3) is 0 Å². The van der Waals surface area contributed by atoms with Gasteiger partial charge in [-0.25, -0.2) is 0 Å². The Bertz CT molecular complexity index is 1130. The second-order valence-corrected chi connectivity index (χ2v) is 48.7. The molecule has 0 N–H and O–H groups in total. The summed E-state index contributed by atoms with van der Waals surface area (Å²) >= 11 is 0. The van der Waals surface area contributed by atoms with Crippen LogP contribution in [0.5, 0.6) is 0 Å². The molecule has 6 heterocycles. The van der Waals surface area contributed by atoms with Crippen molar-refractivity contribution >= 4 is 70.4 Å². The summed E-state index contributed by atoms with van der Waals surface area (Å²) in [6, 6.07) is 5.03. The summed E-state index contributed by atoms with van der Waals surface area (Å²) < 4.78 is 99.3. The largest absolute Gasteiger partial charge is 0.478 e. The predicted molar refractivity (Wildman–Crippen MR) is 328 cm³/mol. The minimum Gasteiger partial charge on any atom is -0.373 e. The van der Waals surface area contributed by atoms with Gasteiger partial charge < -0.3 is 49.4 Å². The molecular formula is C56H120O12Si8. The lowest BCUT2D eigenvalue weighted by Gasteiger charge is -2.63. The predicted octanol–water partition coefficient (Wildman–Crippen LogP) is 19.5. The molecule has 0 aromatic rings. The van der Waals surface area contributed by atoms with Crippen molar-refractivity contribution in [2.24, 2.45) is 0 Å². The average Bonchev–Trinajstić information content (AvgIpc) is 3.36. The van der Waals surface area contributed by atoms with Crippen molar-refractivity contribution in [3.8, 4) is 0 Å². The molecule has 6 rings (SSSR count). The Morgan fingerprint density at radius 3 is 0.316 bits per heavy atom. The molecule has 0 unspecified atom stereocenters. The van der Waals surface area contributed by atoms with E-state index in [1.807, 2.05) is 0 Å². The highest BCUT2D eigenvalue weighted by Crippen LogP contribution is 2.55. The van der Waals surface area contributed by atoms with Crippen LogP contribution in [0.15, 0.2) is 0 Å². The molecule has 20 heteroatoms. The van der Waals surface area contributed by atoms with Gasteiger partial charge in [-0.1, -0.05) is 261 Å². The zero-order valence-electron chi connectivity index (χ0n) is 50.8. The lowest BCUT2D eigenvalue weighted by molar-refractivity contribution is -0.0313. The Labute approximate surface area is 477 Å². The maximum atomic E-state index is 8.28. The first-order valence-electron chi connectivity index (χ1n) is 33.4. The molecule has 0 spiro atoms. The molecule has 0 aliphatic carbocycles. The van der Waals surface area contributed by atoms with Crippen LogP contribution >= 0.6 is 0 Å². The molecule has 6 aliphatic rings. The number of hydrogen-bond acceptors (Lipinski definition) is 12. The van der Waals surface area contributed by atoms with Gasteiger partial charge in [0, 0.05) is 48.4 Å². The zero-order valence-corrected chi connectivity index (χ0v) is 58.8. The maximum absolute atomic E-state index is 8.28. The summed E-state index contributed by atoms with van der Waals surface area (Å²) in [6.07, 6.45) is 44.1. The SMILES string of the molecule is CCCCCCC[Si]12O[Si]3(CCCCCCC)O[Si]4(CCCCCCC)O[Si](CCCCCCC)(O1)O[Si]1(CCCCCCC)O[Si](CCCCCCC)(O2)O[Si](CCCCCCC)(O3)O[Si](CCCCCCC)(O4)O1. The highest BCUT2D eigenvalue weighted by atomic mass is 28.6. The topological polar surface area (TPSA) is 111 Å². The quantitative estimate of drug-likeness (QED) is 0.0427. The van der Waals surface area contributed by atoms with Crippen LogP contribution < -0.4 is 0 Å². The Hall–Kier alpha value is 1.26. The van der Waals surface area contributed by atoms with Gasteiger partial charge in [0.2, 0.25) is 0 Å². The smallest absolute Gasteiger partial charge is 0.373 e. The van der Waals surface area contributed by atoms with E-state index in [9.17, 15) is 0 Å². The van der Waals surface area contributed by atoms with Gasteiger partial charge in [-0.15, -0.1) is 0 Å². The van der Waals surface area contributed by atoms with E-state index in [1.165, 1.54) is 103 Å². The Morgan fingerprint density at radius 1 is 0.132 bits per heavy atom. The first kappa shape index (κ1) is 68.0. The van der Waals surface area contributed by atoms with E-state index < -0.39 is 70.4 Å². The Morgan fingerprint density at radius 2 is 0.224 bits per heavy atom. The van der Waals surface area contributed by atoms with Crippen LogP contribution in [0.4, 0.5) is 0 Å². The van der Waals surface area contributed by atoms with Crippen molar-refractivity contribution < 1.29 is 49.4 Å². The second kappa shape index (κ2) is 36.2. The molecule has 0 saturated carbocycles. The highest BCUT2D eigenvalue weighted by Gasteiger charge is 2.82. The molecule has 0 atom stereocenters. The van der Waals surface area contributed by atoms with Crippen molar-refractivity contribution in [2.45, 2.75) is 361 Å². The third-order valence-electron chi connectivity index (χ3n) is 16.4. The number of unbranched alkanes of at least 4 members (excludes halogenated alkanes) is 32. The van der Waals surface area contributed by atoms with Gasteiger partial charge in [0.15, 0.2) is 0 Å². The van der Waals surface area contributed by atoms with E-state index in [4.69, 9.17) is 49.4 Å². The van der Waals surface area contributed by atoms with E-state index in [2.05, 4.69) is 55.4 Å². The summed E-state index contributed by atoms with van der Waals surface area (Å²) in [5, 5.41) is 0. The maximum Gasteiger partial charge on any atom is 0.478 e. The van der Waals surface area contributed by atoms with E-state index in [1.54, 1.807) is 0 Å². The summed E-state index contributed by atoms with van der Waals surface area (Å²) in [4.78, 5) is 0. The minimum absolute atomic E-state index is 0.629. The molecular weight excluding hydrogens is 1090 g/mol. The van der Waals surface area contributed by atoms with Crippen LogP contribution in [0.1, 0.15) is 312 Å². The third kappa shape index (κ3) is 22.0. The molecule has 8 bridgehead atoms. The number of hydrogen-bond donors (Lipinski definition) is 0. The molecule has 448 valence electrons. The van der Waals surface area contributed by atoms with Gasteiger partial charge in [0.1, 0.15) is 0 Å². The molecule has 6 saturated heterocycles. The van der Waals surface area contributed by atoms with Gasteiger partial charge >= 0.3 is 70.4 Å². The minimum atomic E-state index is -3.91. The van der Waals surface area contributed by atoms with Crippen LogP contribution in [-0.2, 0) is 49.4 Å². The molecule has 0 aromatic carbocycles. The monoisotopic (exact) mass is 1210 g/mol. The molecule has 0 radical (unpaired) electrons. The van der Waals surface area contributed by atoms with Crippen LogP contribution in [0, 0.1) is 0 Å². The van der Waals surface area contributed by atoms with E-state index in [0.717, 1.165) is 154 Å². The van der Waals surface area contributed by atoms with Crippen molar-refractivity contribution in [2.75, 3.05) is 0 Å². The lowest BCUT2D eigenvalue weighted by atomic mass is 10.2. The Kier molecular flexibility index (Phi) is 32.4. The van der Waals surface area contributed by atoms with E-state index in [0.29, 0.717) is 48.4 Å². The first-order valence-corrected chi connectivity index (χ1v) is 48.8. The van der Waals surface area contributed by atoms with Gasteiger partial charge in [-0.2, -0.15) is 0 Å². The normalized spacial score (nSPS) is 31.9. The summed E-state index contributed by atoms with van der Waals surface area (Å²) in [5.74, 6) is 0. The molecule has 6 aliphatic heterocycles. The van der Waals surface area contributed by atoms with Crippen LogP contribution in [0.25, 0.3) is 0 Å². The summed E-state index contributed by atoms with van der Waals surface area (Å²) in [6.45, 7) is 18.3. The molecule has 0 aromatic heterocycles. The fourth-order valence-corrected chi connectivity index (χ4v) is 63.1. The molecule has 6 fully saturated rings. The standard InChI is InChI=1S/C56H120O12Si8/c1-9-17-25-33-41-49-69-57-70(50-42-34-26-18-10-2)60-73(53-45-37-29-21-13-5)62-71(58-69,51-43-35-27-19-11-3)64-75(55-47-39-31-23-15-7)65-72(59-69,52-44-36-28-20-12-4)63-74(61-70,54-46-38-30-22-14-6)67-76(66-73,68-75)56-48-40-32-24-16-8/h9-56H2,1-8H3. The van der Waals surface area contributed by atoms with E-state index in [-0.39, 0.29) is 0 Å². The summed E-state index contributed by atoms with van der Waals surface area (Å²) in [7, 11) is -31.3. The highest BCUT2D eigenvalue weighted by molar-refractivity contribution is 7.03. The van der Waals surface area contributed by atoms with Gasteiger partial charge in [-0.3, -0.25) is 0 Å². The van der Waals surface area contributed by atoms with E-state index >= 15 is 0 Å². The molecule has 0 amide bonds. The fraction of sp³-hybridized carbons (Fsp3) is 1.00. The van der Waals surface area contributed by atoms with Crippen LogP contribution in [0.2, 0.25) is 48.4 Å². The Balaban J connectivity index is 1.85. The second-order valence-electron chi connectivity index (χ2n) is 24.0.